The Hall–Kier alpha value is -3.23. The van der Waals surface area contributed by atoms with Gasteiger partial charge in [-0.05, 0) is 32.4 Å². The molecule has 9 nitrogen and oxygen atoms in total. The highest BCUT2D eigenvalue weighted by molar-refractivity contribution is 5.97. The van der Waals surface area contributed by atoms with Crippen molar-refractivity contribution in [3.8, 4) is 0 Å². The quantitative estimate of drug-likeness (QED) is 0.366. The van der Waals surface area contributed by atoms with E-state index in [9.17, 15) is 24.5 Å². The normalized spacial score (nSPS) is 11.8. The molecule has 0 radical (unpaired) electrons. The summed E-state index contributed by atoms with van der Waals surface area (Å²) in [4.78, 5) is 45.0. The summed E-state index contributed by atoms with van der Waals surface area (Å²) in [5.41, 5.74) is 0.376. The zero-order valence-corrected chi connectivity index (χ0v) is 13.8. The summed E-state index contributed by atoms with van der Waals surface area (Å²) in [5.74, 6) is -2.42. The molecular weight excluding hydrogens is 330 g/mol. The molecule has 0 aromatic heterocycles. The third kappa shape index (κ3) is 6.05. The van der Waals surface area contributed by atoms with Gasteiger partial charge in [-0.2, -0.15) is 0 Å². The van der Waals surface area contributed by atoms with E-state index in [-0.39, 0.29) is 17.7 Å². The average molecular weight is 349 g/mol. The largest absolute Gasteiger partial charge is 0.480 e. The molecule has 1 unspecified atom stereocenters. The highest BCUT2D eigenvalue weighted by Crippen LogP contribution is 2.18. The molecule has 3 N–H and O–H groups in total. The van der Waals surface area contributed by atoms with Crippen LogP contribution < -0.4 is 10.6 Å². The Bertz CT molecular complexity index is 714. The zero-order chi connectivity index (χ0) is 19.0. The summed E-state index contributed by atoms with van der Waals surface area (Å²) < 4.78 is 0. The van der Waals surface area contributed by atoms with Crippen LogP contribution in [0.3, 0.4) is 0 Å². The van der Waals surface area contributed by atoms with E-state index in [0.717, 1.165) is 0 Å². The van der Waals surface area contributed by atoms with Crippen LogP contribution >= 0.6 is 0 Å². The van der Waals surface area contributed by atoms with Gasteiger partial charge in [0.15, 0.2) is 0 Å². The molecule has 0 aliphatic heterocycles. The lowest BCUT2D eigenvalue weighted by molar-refractivity contribution is -0.385. The highest BCUT2D eigenvalue weighted by Gasteiger charge is 2.19. The first kappa shape index (κ1) is 19.8. The highest BCUT2D eigenvalue weighted by atomic mass is 16.6. The monoisotopic (exact) mass is 349 g/mol. The molecule has 1 rings (SSSR count). The molecule has 1 atom stereocenters. The number of hydrogen-bond donors (Lipinski definition) is 3. The first-order valence-electron chi connectivity index (χ1n) is 7.42. The number of benzene rings is 1. The van der Waals surface area contributed by atoms with E-state index in [0.29, 0.717) is 5.56 Å². The molecule has 9 heteroatoms. The van der Waals surface area contributed by atoms with Crippen LogP contribution in [0.4, 0.5) is 5.69 Å². The van der Waals surface area contributed by atoms with Crippen molar-refractivity contribution < 1.29 is 24.4 Å². The maximum absolute atomic E-state index is 12.0. The molecule has 1 aromatic rings. The minimum atomic E-state index is -1.18. The first-order chi connectivity index (χ1) is 11.8. The number of nitro groups is 1. The number of rotatable bonds is 8. The lowest BCUT2D eigenvalue weighted by Crippen LogP contribution is -2.45. The molecule has 0 saturated heterocycles. The molecule has 0 aliphatic rings. The number of hydrogen-bond acceptors (Lipinski definition) is 5. The molecule has 0 fully saturated rings. The van der Waals surface area contributed by atoms with Crippen molar-refractivity contribution >= 4 is 23.5 Å². The summed E-state index contributed by atoms with van der Waals surface area (Å²) in [6.45, 7) is 2.82. The van der Waals surface area contributed by atoms with Gasteiger partial charge in [-0.3, -0.25) is 19.7 Å². The fourth-order valence-electron chi connectivity index (χ4n) is 2.00. The number of nitrogens with zero attached hydrogens (tertiary/aromatic N) is 1. The van der Waals surface area contributed by atoms with Crippen molar-refractivity contribution in [1.29, 1.82) is 0 Å². The maximum Gasteiger partial charge on any atom is 0.326 e. The number of nitrogens with one attached hydrogen (secondary N) is 2. The number of aryl methyl sites for hydroxylation is 1. The van der Waals surface area contributed by atoms with E-state index in [1.165, 1.54) is 25.1 Å². The summed E-state index contributed by atoms with van der Waals surface area (Å²) >= 11 is 0. The minimum absolute atomic E-state index is 0.109. The van der Waals surface area contributed by atoms with Gasteiger partial charge < -0.3 is 15.7 Å². The SMILES string of the molecule is C/C=C/CC(NC(=O)CNC(=O)c1ccc([N+](=O)[O-])c(C)c1)C(=O)O. The standard InChI is InChI=1S/C16H19N3O6/c1-3-4-5-12(16(22)23)18-14(20)9-17-15(21)11-6-7-13(19(24)25)10(2)8-11/h3-4,6-8,12H,5,9H2,1-2H3,(H,17,21)(H,18,20)(H,22,23)/b4-3+. The predicted octanol–water partition coefficient (Wildman–Crippen LogP) is 1.17. The molecule has 25 heavy (non-hydrogen) atoms. The minimum Gasteiger partial charge on any atom is -0.480 e. The number of carboxylic acids is 1. The Morgan fingerprint density at radius 2 is 2.04 bits per heavy atom. The molecule has 2 amide bonds. The molecular formula is C16H19N3O6. The molecule has 1 aromatic carbocycles. The molecule has 0 saturated carbocycles. The number of carboxylic acid groups (broad SMARTS) is 1. The van der Waals surface area contributed by atoms with Gasteiger partial charge in [0.25, 0.3) is 11.6 Å². The van der Waals surface area contributed by atoms with Crippen LogP contribution in [0.2, 0.25) is 0 Å². The Balaban J connectivity index is 2.63. The van der Waals surface area contributed by atoms with Crippen LogP contribution in [0.15, 0.2) is 30.4 Å². The van der Waals surface area contributed by atoms with Gasteiger partial charge in [-0.1, -0.05) is 12.2 Å². The third-order valence-electron chi connectivity index (χ3n) is 3.31. The third-order valence-corrected chi connectivity index (χ3v) is 3.31. The van der Waals surface area contributed by atoms with E-state index < -0.39 is 35.3 Å². The second-order valence-corrected chi connectivity index (χ2v) is 5.20. The fraction of sp³-hybridized carbons (Fsp3) is 0.312. The number of carbonyl (C=O) groups is 3. The summed E-state index contributed by atoms with van der Waals surface area (Å²) in [6, 6.07) is 2.76. The summed E-state index contributed by atoms with van der Waals surface area (Å²) in [6.07, 6.45) is 3.41. The molecule has 0 heterocycles. The van der Waals surface area contributed by atoms with Gasteiger partial charge in [0, 0.05) is 17.2 Å². The number of aliphatic carboxylic acids is 1. The Kier molecular flexibility index (Phi) is 7.26. The topological polar surface area (TPSA) is 139 Å². The molecule has 134 valence electrons. The van der Waals surface area contributed by atoms with Crippen molar-refractivity contribution in [2.75, 3.05) is 6.54 Å². The van der Waals surface area contributed by atoms with Crippen molar-refractivity contribution in [1.82, 2.24) is 10.6 Å². The Morgan fingerprint density at radius 3 is 2.56 bits per heavy atom. The fourth-order valence-corrected chi connectivity index (χ4v) is 2.00. The molecule has 0 spiro atoms. The van der Waals surface area contributed by atoms with Crippen molar-refractivity contribution in [2.24, 2.45) is 0 Å². The average Bonchev–Trinajstić information content (AvgIpc) is 2.55. The van der Waals surface area contributed by atoms with Gasteiger partial charge in [0.2, 0.25) is 5.91 Å². The Labute approximate surface area is 143 Å². The van der Waals surface area contributed by atoms with Gasteiger partial charge in [0.05, 0.1) is 11.5 Å². The second-order valence-electron chi connectivity index (χ2n) is 5.20. The van der Waals surface area contributed by atoms with Crippen LogP contribution in [-0.2, 0) is 9.59 Å². The van der Waals surface area contributed by atoms with Gasteiger partial charge in [-0.25, -0.2) is 4.79 Å². The van der Waals surface area contributed by atoms with E-state index in [1.54, 1.807) is 19.1 Å². The summed E-state index contributed by atoms with van der Waals surface area (Å²) in [5, 5.41) is 24.4. The van der Waals surface area contributed by atoms with E-state index in [2.05, 4.69) is 10.6 Å². The first-order valence-corrected chi connectivity index (χ1v) is 7.42. The number of carbonyl (C=O) groups excluding carboxylic acids is 2. The van der Waals surface area contributed by atoms with Crippen LogP contribution in [0.25, 0.3) is 0 Å². The molecule has 0 aliphatic carbocycles. The number of allylic oxidation sites excluding steroid dienone is 1. The van der Waals surface area contributed by atoms with Gasteiger partial charge in [0.1, 0.15) is 6.04 Å². The lowest BCUT2D eigenvalue weighted by Gasteiger charge is -2.13. The van der Waals surface area contributed by atoms with E-state index >= 15 is 0 Å². The van der Waals surface area contributed by atoms with Crippen molar-refractivity contribution in [3.05, 3.63) is 51.6 Å². The summed E-state index contributed by atoms with van der Waals surface area (Å²) in [7, 11) is 0. The smallest absolute Gasteiger partial charge is 0.326 e. The van der Waals surface area contributed by atoms with Crippen LogP contribution in [0, 0.1) is 17.0 Å². The van der Waals surface area contributed by atoms with Gasteiger partial charge in [-0.15, -0.1) is 0 Å². The van der Waals surface area contributed by atoms with E-state index in [1.807, 2.05) is 0 Å². The van der Waals surface area contributed by atoms with Crippen LogP contribution in [0.5, 0.6) is 0 Å². The van der Waals surface area contributed by atoms with Crippen LogP contribution in [0.1, 0.15) is 29.3 Å². The second kappa shape index (κ2) is 9.16. The van der Waals surface area contributed by atoms with Crippen molar-refractivity contribution in [3.63, 3.8) is 0 Å². The van der Waals surface area contributed by atoms with Gasteiger partial charge >= 0.3 is 5.97 Å². The maximum atomic E-state index is 12.0. The van der Waals surface area contributed by atoms with Crippen LogP contribution in [-0.4, -0.2) is 40.4 Å². The number of nitro benzene ring substituents is 1. The number of amides is 2. The van der Waals surface area contributed by atoms with Crippen molar-refractivity contribution in [2.45, 2.75) is 26.3 Å². The molecule has 0 bridgehead atoms. The predicted molar refractivity (Wildman–Crippen MR) is 89.2 cm³/mol. The van der Waals surface area contributed by atoms with E-state index in [4.69, 9.17) is 5.11 Å². The zero-order valence-electron chi connectivity index (χ0n) is 13.8. The Morgan fingerprint density at radius 1 is 1.36 bits per heavy atom. The lowest BCUT2D eigenvalue weighted by atomic mass is 10.1.